The van der Waals surface area contributed by atoms with Gasteiger partial charge in [-0.15, -0.1) is 0 Å². The van der Waals surface area contributed by atoms with Crippen molar-refractivity contribution in [1.29, 1.82) is 0 Å². The van der Waals surface area contributed by atoms with Crippen LogP contribution in [0.25, 0.3) is 0 Å². The average molecular weight is 326 g/mol. The van der Waals surface area contributed by atoms with Crippen molar-refractivity contribution in [2.45, 2.75) is 26.3 Å². The van der Waals surface area contributed by atoms with E-state index in [0.29, 0.717) is 23.7 Å². The second kappa shape index (κ2) is 7.73. The molecule has 0 bridgehead atoms. The van der Waals surface area contributed by atoms with Crippen molar-refractivity contribution < 1.29 is 14.3 Å². The summed E-state index contributed by atoms with van der Waals surface area (Å²) < 4.78 is 10.6. The third kappa shape index (κ3) is 3.98. The molecule has 5 heteroatoms. The van der Waals surface area contributed by atoms with E-state index in [1.165, 1.54) is 0 Å². The SMILES string of the molecule is CCCCN(Cc1ccccc1)C(=O)Nc1ccc2c(c1)OCO2. The predicted molar refractivity (Wildman–Crippen MR) is 93.3 cm³/mol. The van der Waals surface area contributed by atoms with Crippen LogP contribution in [0.5, 0.6) is 11.5 Å². The molecule has 126 valence electrons. The first-order valence-corrected chi connectivity index (χ1v) is 8.26. The second-order valence-electron chi connectivity index (χ2n) is 5.76. The van der Waals surface area contributed by atoms with Gasteiger partial charge in [-0.2, -0.15) is 0 Å². The number of anilines is 1. The zero-order valence-electron chi connectivity index (χ0n) is 13.8. The standard InChI is InChI=1S/C19H22N2O3/c1-2-3-11-21(13-15-7-5-4-6-8-15)19(22)20-16-9-10-17-18(12-16)24-14-23-17/h4-10,12H,2-3,11,13-14H2,1H3,(H,20,22). The van der Waals surface area contributed by atoms with E-state index in [0.717, 1.165) is 24.9 Å². The lowest BCUT2D eigenvalue weighted by Gasteiger charge is -2.23. The van der Waals surface area contributed by atoms with Crippen LogP contribution in [-0.4, -0.2) is 24.3 Å². The van der Waals surface area contributed by atoms with Gasteiger partial charge in [0.2, 0.25) is 6.79 Å². The molecule has 1 N–H and O–H groups in total. The number of carbonyl (C=O) groups is 1. The fourth-order valence-electron chi connectivity index (χ4n) is 2.58. The van der Waals surface area contributed by atoms with Crippen LogP contribution in [0.1, 0.15) is 25.3 Å². The van der Waals surface area contributed by atoms with Gasteiger partial charge in [0.05, 0.1) is 0 Å². The minimum absolute atomic E-state index is 0.105. The molecule has 0 spiro atoms. The van der Waals surface area contributed by atoms with Crippen LogP contribution in [0.3, 0.4) is 0 Å². The van der Waals surface area contributed by atoms with Crippen LogP contribution < -0.4 is 14.8 Å². The first-order valence-electron chi connectivity index (χ1n) is 8.26. The van der Waals surface area contributed by atoms with Gasteiger partial charge in [-0.25, -0.2) is 4.79 Å². The Labute approximate surface area is 142 Å². The fourth-order valence-corrected chi connectivity index (χ4v) is 2.58. The minimum atomic E-state index is -0.105. The summed E-state index contributed by atoms with van der Waals surface area (Å²) >= 11 is 0. The summed E-state index contributed by atoms with van der Waals surface area (Å²) in [4.78, 5) is 14.5. The lowest BCUT2D eigenvalue weighted by atomic mass is 10.2. The van der Waals surface area contributed by atoms with E-state index in [2.05, 4.69) is 12.2 Å². The van der Waals surface area contributed by atoms with Gasteiger partial charge < -0.3 is 19.7 Å². The highest BCUT2D eigenvalue weighted by molar-refractivity contribution is 5.89. The quantitative estimate of drug-likeness (QED) is 0.863. The molecule has 0 fully saturated rings. The Balaban J connectivity index is 1.68. The maximum atomic E-state index is 12.7. The normalized spacial score (nSPS) is 12.0. The number of hydrogen-bond donors (Lipinski definition) is 1. The molecule has 1 aliphatic heterocycles. The van der Waals surface area contributed by atoms with Gasteiger partial charge in [0.25, 0.3) is 0 Å². The number of hydrogen-bond acceptors (Lipinski definition) is 3. The van der Waals surface area contributed by atoms with Gasteiger partial charge >= 0.3 is 6.03 Å². The van der Waals surface area contributed by atoms with Gasteiger partial charge in [-0.05, 0) is 24.1 Å². The maximum absolute atomic E-state index is 12.7. The number of rotatable bonds is 6. The molecule has 0 atom stereocenters. The molecule has 0 radical (unpaired) electrons. The van der Waals surface area contributed by atoms with E-state index >= 15 is 0 Å². The Morgan fingerprint density at radius 2 is 1.92 bits per heavy atom. The molecule has 0 saturated heterocycles. The Bertz CT molecular complexity index is 688. The molecule has 24 heavy (non-hydrogen) atoms. The summed E-state index contributed by atoms with van der Waals surface area (Å²) in [5, 5.41) is 2.95. The van der Waals surface area contributed by atoms with Crippen molar-refractivity contribution in [1.82, 2.24) is 4.90 Å². The molecule has 2 amide bonds. The molecule has 1 heterocycles. The van der Waals surface area contributed by atoms with E-state index in [1.807, 2.05) is 47.4 Å². The van der Waals surface area contributed by atoms with E-state index < -0.39 is 0 Å². The van der Waals surface area contributed by atoms with Gasteiger partial charge in [0, 0.05) is 24.8 Å². The van der Waals surface area contributed by atoms with Crippen molar-refractivity contribution in [3.05, 3.63) is 54.1 Å². The number of fused-ring (bicyclic) bond motifs is 1. The smallest absolute Gasteiger partial charge is 0.322 e. The summed E-state index contributed by atoms with van der Waals surface area (Å²) in [5.74, 6) is 1.37. The fraction of sp³-hybridized carbons (Fsp3) is 0.316. The zero-order valence-corrected chi connectivity index (χ0v) is 13.8. The monoisotopic (exact) mass is 326 g/mol. The lowest BCUT2D eigenvalue weighted by molar-refractivity contribution is 0.174. The third-order valence-electron chi connectivity index (χ3n) is 3.91. The van der Waals surface area contributed by atoms with Crippen LogP contribution in [0.15, 0.2) is 48.5 Å². The summed E-state index contributed by atoms with van der Waals surface area (Å²) in [6, 6.07) is 15.3. The summed E-state index contributed by atoms with van der Waals surface area (Å²) in [5.41, 5.74) is 1.83. The molecule has 5 nitrogen and oxygen atoms in total. The summed E-state index contributed by atoms with van der Waals surface area (Å²) in [6.45, 7) is 3.67. The molecule has 2 aromatic rings. The molecule has 3 rings (SSSR count). The van der Waals surface area contributed by atoms with Crippen molar-refractivity contribution in [3.63, 3.8) is 0 Å². The summed E-state index contributed by atoms with van der Waals surface area (Å²) in [7, 11) is 0. The largest absolute Gasteiger partial charge is 0.454 e. The zero-order chi connectivity index (χ0) is 16.8. The summed E-state index contributed by atoms with van der Waals surface area (Å²) in [6.07, 6.45) is 2.02. The number of benzene rings is 2. The highest BCUT2D eigenvalue weighted by Gasteiger charge is 2.17. The Morgan fingerprint density at radius 1 is 1.12 bits per heavy atom. The molecule has 0 aromatic heterocycles. The van der Waals surface area contributed by atoms with E-state index in [9.17, 15) is 4.79 Å². The first kappa shape index (κ1) is 16.2. The van der Waals surface area contributed by atoms with Crippen molar-refractivity contribution in [2.24, 2.45) is 0 Å². The van der Waals surface area contributed by atoms with Gasteiger partial charge in [-0.1, -0.05) is 43.7 Å². The van der Waals surface area contributed by atoms with Gasteiger partial charge in [0.15, 0.2) is 11.5 Å². The van der Waals surface area contributed by atoms with Crippen LogP contribution in [0.2, 0.25) is 0 Å². The van der Waals surface area contributed by atoms with Crippen molar-refractivity contribution >= 4 is 11.7 Å². The minimum Gasteiger partial charge on any atom is -0.454 e. The Hall–Kier alpha value is -2.69. The number of urea groups is 1. The molecular weight excluding hydrogens is 304 g/mol. The van der Waals surface area contributed by atoms with E-state index in [-0.39, 0.29) is 12.8 Å². The van der Waals surface area contributed by atoms with Crippen molar-refractivity contribution in [3.8, 4) is 11.5 Å². The van der Waals surface area contributed by atoms with E-state index in [1.54, 1.807) is 6.07 Å². The number of nitrogens with zero attached hydrogens (tertiary/aromatic N) is 1. The first-order chi connectivity index (χ1) is 11.8. The molecule has 2 aromatic carbocycles. The van der Waals surface area contributed by atoms with Crippen LogP contribution in [0.4, 0.5) is 10.5 Å². The van der Waals surface area contributed by atoms with Crippen molar-refractivity contribution in [2.75, 3.05) is 18.7 Å². The molecule has 1 aliphatic rings. The third-order valence-corrected chi connectivity index (χ3v) is 3.91. The maximum Gasteiger partial charge on any atom is 0.322 e. The lowest BCUT2D eigenvalue weighted by Crippen LogP contribution is -2.35. The number of ether oxygens (including phenoxy) is 2. The topological polar surface area (TPSA) is 50.8 Å². The van der Waals surface area contributed by atoms with Gasteiger partial charge in [0.1, 0.15) is 0 Å². The Kier molecular flexibility index (Phi) is 5.21. The number of amides is 2. The highest BCUT2D eigenvalue weighted by Crippen LogP contribution is 2.34. The molecular formula is C19H22N2O3. The van der Waals surface area contributed by atoms with Gasteiger partial charge in [-0.3, -0.25) is 0 Å². The van der Waals surface area contributed by atoms with Crippen LogP contribution in [-0.2, 0) is 6.54 Å². The van der Waals surface area contributed by atoms with Crippen LogP contribution >= 0.6 is 0 Å². The number of nitrogens with one attached hydrogen (secondary N) is 1. The molecule has 0 saturated carbocycles. The number of unbranched alkanes of at least 4 members (excludes halogenated alkanes) is 1. The number of carbonyl (C=O) groups excluding carboxylic acids is 1. The molecule has 0 unspecified atom stereocenters. The average Bonchev–Trinajstić information content (AvgIpc) is 3.07. The van der Waals surface area contributed by atoms with E-state index in [4.69, 9.17) is 9.47 Å². The predicted octanol–water partition coefficient (Wildman–Crippen LogP) is 4.25. The second-order valence-corrected chi connectivity index (χ2v) is 5.76. The molecule has 0 aliphatic carbocycles. The van der Waals surface area contributed by atoms with Crippen LogP contribution in [0, 0.1) is 0 Å². The Morgan fingerprint density at radius 3 is 2.71 bits per heavy atom. The highest BCUT2D eigenvalue weighted by atomic mass is 16.7.